The maximum Gasteiger partial charge on any atom is 0.223 e. The highest BCUT2D eigenvalue weighted by atomic mass is 16.1. The van der Waals surface area contributed by atoms with Gasteiger partial charge in [-0.15, -0.1) is 0 Å². The number of amides is 1. The van der Waals surface area contributed by atoms with E-state index in [1.807, 2.05) is 0 Å². The van der Waals surface area contributed by atoms with Crippen molar-refractivity contribution in [1.29, 1.82) is 0 Å². The molecule has 1 saturated heterocycles. The van der Waals surface area contributed by atoms with Crippen molar-refractivity contribution in [2.24, 2.45) is 11.8 Å². The van der Waals surface area contributed by atoms with Crippen molar-refractivity contribution in [3.63, 3.8) is 0 Å². The van der Waals surface area contributed by atoms with Crippen molar-refractivity contribution >= 4 is 5.91 Å². The van der Waals surface area contributed by atoms with E-state index in [0.29, 0.717) is 12.5 Å². The molecule has 1 aliphatic rings. The van der Waals surface area contributed by atoms with Gasteiger partial charge in [0, 0.05) is 19.0 Å². The van der Waals surface area contributed by atoms with Crippen LogP contribution < -0.4 is 5.32 Å². The van der Waals surface area contributed by atoms with E-state index in [4.69, 9.17) is 0 Å². The zero-order valence-corrected chi connectivity index (χ0v) is 13.6. The van der Waals surface area contributed by atoms with Gasteiger partial charge >= 0.3 is 0 Å². The smallest absolute Gasteiger partial charge is 0.223 e. The van der Waals surface area contributed by atoms with Crippen LogP contribution in [0, 0.1) is 18.8 Å². The summed E-state index contributed by atoms with van der Waals surface area (Å²) in [6, 6.07) is 8.35. The van der Waals surface area contributed by atoms with E-state index in [1.165, 1.54) is 11.1 Å². The molecule has 0 aliphatic carbocycles. The van der Waals surface area contributed by atoms with Gasteiger partial charge in [0.15, 0.2) is 0 Å². The number of nitrogens with one attached hydrogen (secondary N) is 1. The second kappa shape index (κ2) is 7.60. The highest BCUT2D eigenvalue weighted by Gasteiger charge is 2.24. The van der Waals surface area contributed by atoms with Gasteiger partial charge < -0.3 is 10.2 Å². The number of hydrogen-bond donors (Lipinski definition) is 1. The summed E-state index contributed by atoms with van der Waals surface area (Å²) >= 11 is 0. The lowest BCUT2D eigenvalue weighted by atomic mass is 9.95. The molecular formula is C18H28N2O. The number of benzene rings is 1. The lowest BCUT2D eigenvalue weighted by Crippen LogP contribution is -2.41. The Morgan fingerprint density at radius 2 is 1.86 bits per heavy atom. The molecule has 21 heavy (non-hydrogen) atoms. The Kier molecular flexibility index (Phi) is 5.80. The second-order valence-corrected chi connectivity index (χ2v) is 6.67. The van der Waals surface area contributed by atoms with Crippen molar-refractivity contribution < 1.29 is 4.79 Å². The molecule has 0 atom stereocenters. The number of aryl methyl sites for hydroxylation is 1. The van der Waals surface area contributed by atoms with Crippen LogP contribution in [0.4, 0.5) is 0 Å². The molecule has 1 aliphatic heterocycles. The number of piperidine rings is 1. The number of nitrogens with zero attached hydrogens (tertiary/aromatic N) is 1. The summed E-state index contributed by atoms with van der Waals surface area (Å²) in [6.07, 6.45) is 1.99. The SMILES string of the molecule is Cc1ccc(CNC(=O)C2CCN(CC(C)C)CC2)cc1. The normalized spacial score (nSPS) is 17.1. The third-order valence-corrected chi connectivity index (χ3v) is 4.17. The predicted octanol–water partition coefficient (Wildman–Crippen LogP) is 2.98. The van der Waals surface area contributed by atoms with Crippen LogP contribution >= 0.6 is 0 Å². The summed E-state index contributed by atoms with van der Waals surface area (Å²) in [4.78, 5) is 14.7. The van der Waals surface area contributed by atoms with Gasteiger partial charge in [0.25, 0.3) is 0 Å². The fourth-order valence-corrected chi connectivity index (χ4v) is 2.93. The standard InChI is InChI=1S/C18H28N2O/c1-14(2)13-20-10-8-17(9-11-20)18(21)19-12-16-6-4-15(3)5-7-16/h4-7,14,17H,8-13H2,1-3H3,(H,19,21). The monoisotopic (exact) mass is 288 g/mol. The molecule has 0 radical (unpaired) electrons. The van der Waals surface area contributed by atoms with E-state index in [1.54, 1.807) is 0 Å². The molecule has 3 nitrogen and oxygen atoms in total. The summed E-state index contributed by atoms with van der Waals surface area (Å²) in [7, 11) is 0. The molecule has 1 N–H and O–H groups in total. The van der Waals surface area contributed by atoms with Crippen molar-refractivity contribution in [1.82, 2.24) is 10.2 Å². The number of rotatable bonds is 5. The second-order valence-electron chi connectivity index (χ2n) is 6.67. The van der Waals surface area contributed by atoms with E-state index < -0.39 is 0 Å². The molecule has 0 unspecified atom stereocenters. The van der Waals surface area contributed by atoms with Gasteiger partial charge in [0.2, 0.25) is 5.91 Å². The first-order valence-electron chi connectivity index (χ1n) is 8.10. The van der Waals surface area contributed by atoms with Crippen molar-refractivity contribution in [2.45, 2.75) is 40.2 Å². The van der Waals surface area contributed by atoms with E-state index >= 15 is 0 Å². The number of likely N-dealkylation sites (tertiary alicyclic amines) is 1. The molecule has 0 spiro atoms. The van der Waals surface area contributed by atoms with Crippen LogP contribution in [0.3, 0.4) is 0 Å². The lowest BCUT2D eigenvalue weighted by Gasteiger charge is -2.32. The minimum atomic E-state index is 0.193. The van der Waals surface area contributed by atoms with Gasteiger partial charge in [-0.25, -0.2) is 0 Å². The first-order valence-corrected chi connectivity index (χ1v) is 8.10. The molecule has 1 aromatic carbocycles. The van der Waals surface area contributed by atoms with Crippen molar-refractivity contribution in [2.75, 3.05) is 19.6 Å². The number of carbonyl (C=O) groups is 1. The van der Waals surface area contributed by atoms with Gasteiger partial charge in [0.1, 0.15) is 0 Å². The Hall–Kier alpha value is -1.35. The van der Waals surface area contributed by atoms with Crippen molar-refractivity contribution in [3.8, 4) is 0 Å². The Labute approximate surface area is 128 Å². The van der Waals surface area contributed by atoms with Crippen molar-refractivity contribution in [3.05, 3.63) is 35.4 Å². The largest absolute Gasteiger partial charge is 0.352 e. The molecule has 2 rings (SSSR count). The minimum Gasteiger partial charge on any atom is -0.352 e. The molecule has 0 aromatic heterocycles. The molecule has 1 aromatic rings. The number of hydrogen-bond acceptors (Lipinski definition) is 2. The molecule has 3 heteroatoms. The molecule has 1 heterocycles. The van der Waals surface area contributed by atoms with E-state index in [-0.39, 0.29) is 11.8 Å². The summed E-state index contributed by atoms with van der Waals surface area (Å²) in [5.41, 5.74) is 2.42. The topological polar surface area (TPSA) is 32.3 Å². The third kappa shape index (κ3) is 5.16. The van der Waals surface area contributed by atoms with Crippen LogP contribution in [0.15, 0.2) is 24.3 Å². The van der Waals surface area contributed by atoms with Crippen LogP contribution in [0.25, 0.3) is 0 Å². The van der Waals surface area contributed by atoms with E-state index in [0.717, 1.165) is 32.5 Å². The molecule has 0 bridgehead atoms. The van der Waals surface area contributed by atoms with Crippen LogP contribution in [0.2, 0.25) is 0 Å². The summed E-state index contributed by atoms with van der Waals surface area (Å²) < 4.78 is 0. The molecule has 1 fully saturated rings. The maximum absolute atomic E-state index is 12.2. The Bertz CT molecular complexity index is 445. The Balaban J connectivity index is 1.73. The van der Waals surface area contributed by atoms with Gasteiger partial charge in [0.05, 0.1) is 0 Å². The van der Waals surface area contributed by atoms with Crippen LogP contribution in [-0.4, -0.2) is 30.4 Å². The Morgan fingerprint density at radius 1 is 1.24 bits per heavy atom. The summed E-state index contributed by atoms with van der Waals surface area (Å²) in [6.45, 7) is 10.5. The average molecular weight is 288 g/mol. The molecular weight excluding hydrogens is 260 g/mol. The molecule has 1 amide bonds. The first-order chi connectivity index (χ1) is 10.0. The highest BCUT2D eigenvalue weighted by Crippen LogP contribution is 2.18. The lowest BCUT2D eigenvalue weighted by molar-refractivity contribution is -0.126. The van der Waals surface area contributed by atoms with Crippen LogP contribution in [-0.2, 0) is 11.3 Å². The number of carbonyl (C=O) groups excluding carboxylic acids is 1. The maximum atomic E-state index is 12.2. The highest BCUT2D eigenvalue weighted by molar-refractivity contribution is 5.78. The minimum absolute atomic E-state index is 0.193. The van der Waals surface area contributed by atoms with Gasteiger partial charge in [-0.3, -0.25) is 4.79 Å². The molecule has 0 saturated carbocycles. The van der Waals surface area contributed by atoms with Crippen LogP contribution in [0.1, 0.15) is 37.8 Å². The zero-order chi connectivity index (χ0) is 15.2. The van der Waals surface area contributed by atoms with E-state index in [2.05, 4.69) is 55.3 Å². The average Bonchev–Trinajstić information content (AvgIpc) is 2.46. The fraction of sp³-hybridized carbons (Fsp3) is 0.611. The third-order valence-electron chi connectivity index (χ3n) is 4.17. The predicted molar refractivity (Wildman–Crippen MR) is 87.0 cm³/mol. The van der Waals surface area contributed by atoms with Gasteiger partial charge in [-0.05, 0) is 44.3 Å². The van der Waals surface area contributed by atoms with Crippen LogP contribution in [0.5, 0.6) is 0 Å². The summed E-state index contributed by atoms with van der Waals surface area (Å²) in [5.74, 6) is 1.12. The summed E-state index contributed by atoms with van der Waals surface area (Å²) in [5, 5.41) is 3.09. The quantitative estimate of drug-likeness (QED) is 0.903. The fourth-order valence-electron chi connectivity index (χ4n) is 2.93. The zero-order valence-electron chi connectivity index (χ0n) is 13.6. The Morgan fingerprint density at radius 3 is 2.43 bits per heavy atom. The first kappa shape index (κ1) is 16.0. The van der Waals surface area contributed by atoms with E-state index in [9.17, 15) is 4.79 Å². The van der Waals surface area contributed by atoms with Gasteiger partial charge in [-0.1, -0.05) is 43.7 Å². The van der Waals surface area contributed by atoms with Gasteiger partial charge in [-0.2, -0.15) is 0 Å². The molecule has 116 valence electrons.